The van der Waals surface area contributed by atoms with Crippen LogP contribution < -0.4 is 4.72 Å². The molecular weight excluding hydrogens is 286 g/mol. The monoisotopic (exact) mass is 299 g/mol. The number of aromatic nitrogens is 2. The number of aryl methyl sites for hydroxylation is 3. The molecule has 1 aromatic heterocycles. The molecule has 102 valence electrons. The highest BCUT2D eigenvalue weighted by Gasteiger charge is 2.23. The van der Waals surface area contributed by atoms with E-state index in [-0.39, 0.29) is 4.90 Å². The van der Waals surface area contributed by atoms with E-state index in [1.54, 1.807) is 26.0 Å². The van der Waals surface area contributed by atoms with E-state index in [0.29, 0.717) is 22.1 Å². The van der Waals surface area contributed by atoms with Gasteiger partial charge >= 0.3 is 0 Å². The van der Waals surface area contributed by atoms with Crippen molar-refractivity contribution in [2.24, 2.45) is 0 Å². The summed E-state index contributed by atoms with van der Waals surface area (Å²) in [6.45, 7) is 5.16. The first-order valence-corrected chi connectivity index (χ1v) is 7.48. The molecule has 7 heteroatoms. The van der Waals surface area contributed by atoms with Gasteiger partial charge in [-0.15, -0.1) is 0 Å². The zero-order valence-electron chi connectivity index (χ0n) is 10.8. The molecule has 0 atom stereocenters. The van der Waals surface area contributed by atoms with Crippen molar-refractivity contribution in [2.45, 2.75) is 25.7 Å². The van der Waals surface area contributed by atoms with E-state index in [4.69, 9.17) is 11.6 Å². The Bertz CT molecular complexity index is 703. The van der Waals surface area contributed by atoms with Gasteiger partial charge in [-0.25, -0.2) is 8.42 Å². The normalized spacial score (nSPS) is 11.6. The van der Waals surface area contributed by atoms with Gasteiger partial charge in [0.1, 0.15) is 4.90 Å². The van der Waals surface area contributed by atoms with Crippen LogP contribution in [0.2, 0.25) is 5.02 Å². The number of anilines is 1. The van der Waals surface area contributed by atoms with Gasteiger partial charge in [0, 0.05) is 0 Å². The summed E-state index contributed by atoms with van der Waals surface area (Å²) in [5.74, 6) is 0. The van der Waals surface area contributed by atoms with Crippen molar-refractivity contribution < 1.29 is 8.42 Å². The number of H-pyrrole nitrogens is 1. The molecule has 0 aliphatic heterocycles. The number of benzene rings is 1. The SMILES string of the molecule is Cc1ccc(Cl)c(NS(=O)(=O)c2c(C)n[nH]c2C)c1. The first kappa shape index (κ1) is 13.9. The minimum atomic E-state index is -3.70. The molecule has 19 heavy (non-hydrogen) atoms. The number of rotatable bonds is 3. The van der Waals surface area contributed by atoms with Gasteiger partial charge in [0.2, 0.25) is 0 Å². The fourth-order valence-electron chi connectivity index (χ4n) is 1.85. The zero-order chi connectivity index (χ0) is 14.2. The molecule has 0 saturated heterocycles. The van der Waals surface area contributed by atoms with Crippen LogP contribution in [0.4, 0.5) is 5.69 Å². The smallest absolute Gasteiger partial charge is 0.265 e. The standard InChI is InChI=1S/C12H14ClN3O2S/c1-7-4-5-10(13)11(6-7)16-19(17,18)12-8(2)14-15-9(12)3/h4-6,16H,1-3H3,(H,14,15). The molecule has 0 radical (unpaired) electrons. The Morgan fingerprint density at radius 3 is 2.53 bits per heavy atom. The first-order valence-electron chi connectivity index (χ1n) is 5.62. The molecule has 1 heterocycles. The Labute approximate surface area is 117 Å². The van der Waals surface area contributed by atoms with Crippen molar-refractivity contribution >= 4 is 27.3 Å². The lowest BCUT2D eigenvalue weighted by atomic mass is 10.2. The van der Waals surface area contributed by atoms with E-state index < -0.39 is 10.0 Å². The number of halogens is 1. The average Bonchev–Trinajstić information content (AvgIpc) is 2.64. The van der Waals surface area contributed by atoms with Crippen LogP contribution in [0, 0.1) is 20.8 Å². The van der Waals surface area contributed by atoms with E-state index >= 15 is 0 Å². The molecule has 0 fully saturated rings. The van der Waals surface area contributed by atoms with Gasteiger partial charge in [0.05, 0.1) is 22.1 Å². The van der Waals surface area contributed by atoms with Gasteiger partial charge in [-0.1, -0.05) is 17.7 Å². The summed E-state index contributed by atoms with van der Waals surface area (Å²) in [7, 11) is -3.70. The zero-order valence-corrected chi connectivity index (χ0v) is 12.4. The van der Waals surface area contributed by atoms with E-state index in [2.05, 4.69) is 14.9 Å². The number of nitrogens with one attached hydrogen (secondary N) is 2. The maximum absolute atomic E-state index is 12.3. The maximum atomic E-state index is 12.3. The largest absolute Gasteiger partial charge is 0.281 e. The lowest BCUT2D eigenvalue weighted by molar-refractivity contribution is 0.600. The number of hydrogen-bond acceptors (Lipinski definition) is 3. The number of hydrogen-bond donors (Lipinski definition) is 2. The molecule has 5 nitrogen and oxygen atoms in total. The summed E-state index contributed by atoms with van der Waals surface area (Å²) in [6, 6.07) is 5.16. The predicted octanol–water partition coefficient (Wildman–Crippen LogP) is 2.79. The molecule has 2 rings (SSSR count). The topological polar surface area (TPSA) is 74.8 Å². The van der Waals surface area contributed by atoms with Gasteiger partial charge in [0.15, 0.2) is 0 Å². The van der Waals surface area contributed by atoms with Crippen LogP contribution in [-0.4, -0.2) is 18.6 Å². The molecule has 2 N–H and O–H groups in total. The molecular formula is C12H14ClN3O2S. The van der Waals surface area contributed by atoms with E-state index in [9.17, 15) is 8.42 Å². The number of sulfonamides is 1. The Kier molecular flexibility index (Phi) is 3.56. The lowest BCUT2D eigenvalue weighted by Crippen LogP contribution is -2.15. The van der Waals surface area contributed by atoms with Gasteiger partial charge in [-0.2, -0.15) is 5.10 Å². The number of nitrogens with zero attached hydrogens (tertiary/aromatic N) is 1. The summed E-state index contributed by atoms with van der Waals surface area (Å²) in [5.41, 5.74) is 2.20. The third kappa shape index (κ3) is 2.74. The highest BCUT2D eigenvalue weighted by Crippen LogP contribution is 2.27. The van der Waals surface area contributed by atoms with Crippen molar-refractivity contribution in [1.29, 1.82) is 0 Å². The second kappa shape index (κ2) is 4.86. The lowest BCUT2D eigenvalue weighted by Gasteiger charge is -2.10. The Morgan fingerprint density at radius 2 is 1.95 bits per heavy atom. The van der Waals surface area contributed by atoms with Crippen molar-refractivity contribution in [3.8, 4) is 0 Å². The summed E-state index contributed by atoms with van der Waals surface area (Å²) >= 11 is 5.99. The quantitative estimate of drug-likeness (QED) is 0.915. The molecule has 2 aromatic rings. The molecule has 0 aliphatic carbocycles. The van der Waals surface area contributed by atoms with Crippen molar-refractivity contribution in [1.82, 2.24) is 10.2 Å². The molecule has 1 aromatic carbocycles. The summed E-state index contributed by atoms with van der Waals surface area (Å²) in [6.07, 6.45) is 0. The van der Waals surface area contributed by atoms with Crippen LogP contribution in [-0.2, 0) is 10.0 Å². The van der Waals surface area contributed by atoms with Crippen molar-refractivity contribution in [2.75, 3.05) is 4.72 Å². The highest BCUT2D eigenvalue weighted by atomic mass is 35.5. The second-order valence-electron chi connectivity index (χ2n) is 4.35. The van der Waals surface area contributed by atoms with Gasteiger partial charge in [-0.05, 0) is 38.5 Å². The number of aromatic amines is 1. The minimum Gasteiger partial charge on any atom is -0.281 e. The Hall–Kier alpha value is -1.53. The van der Waals surface area contributed by atoms with Crippen LogP contribution in [0.1, 0.15) is 17.0 Å². The van der Waals surface area contributed by atoms with E-state index in [1.165, 1.54) is 0 Å². The van der Waals surface area contributed by atoms with Gasteiger partial charge in [-0.3, -0.25) is 9.82 Å². The Balaban J connectivity index is 2.45. The maximum Gasteiger partial charge on any atom is 0.265 e. The summed E-state index contributed by atoms with van der Waals surface area (Å²) < 4.78 is 27.2. The molecule has 0 saturated carbocycles. The van der Waals surface area contributed by atoms with E-state index in [1.807, 2.05) is 13.0 Å². The summed E-state index contributed by atoms with van der Waals surface area (Å²) in [5, 5.41) is 6.89. The Morgan fingerprint density at radius 1 is 1.26 bits per heavy atom. The minimum absolute atomic E-state index is 0.157. The van der Waals surface area contributed by atoms with Crippen LogP contribution in [0.15, 0.2) is 23.1 Å². The molecule has 0 spiro atoms. The fraction of sp³-hybridized carbons (Fsp3) is 0.250. The third-order valence-corrected chi connectivity index (χ3v) is 4.65. The molecule has 0 aliphatic rings. The molecule has 0 bridgehead atoms. The van der Waals surface area contributed by atoms with Gasteiger partial charge in [0.25, 0.3) is 10.0 Å². The summed E-state index contributed by atoms with van der Waals surface area (Å²) in [4.78, 5) is 0.157. The van der Waals surface area contributed by atoms with E-state index in [0.717, 1.165) is 5.56 Å². The van der Waals surface area contributed by atoms with Crippen molar-refractivity contribution in [3.63, 3.8) is 0 Å². The fourth-order valence-corrected chi connectivity index (χ4v) is 3.51. The highest BCUT2D eigenvalue weighted by molar-refractivity contribution is 7.92. The average molecular weight is 300 g/mol. The van der Waals surface area contributed by atoms with Crippen LogP contribution in [0.3, 0.4) is 0 Å². The molecule has 0 amide bonds. The van der Waals surface area contributed by atoms with Crippen LogP contribution in [0.5, 0.6) is 0 Å². The third-order valence-electron chi connectivity index (χ3n) is 2.70. The van der Waals surface area contributed by atoms with Crippen LogP contribution in [0.25, 0.3) is 0 Å². The van der Waals surface area contributed by atoms with Gasteiger partial charge < -0.3 is 0 Å². The predicted molar refractivity (Wildman–Crippen MR) is 75.1 cm³/mol. The molecule has 0 unspecified atom stereocenters. The van der Waals surface area contributed by atoms with Crippen molar-refractivity contribution in [3.05, 3.63) is 40.2 Å². The second-order valence-corrected chi connectivity index (χ2v) is 6.38. The van der Waals surface area contributed by atoms with Crippen LogP contribution >= 0.6 is 11.6 Å². The first-order chi connectivity index (χ1) is 8.81.